The molecule has 1 amide bonds. The fourth-order valence-electron chi connectivity index (χ4n) is 2.94. The van der Waals surface area contributed by atoms with Crippen LogP contribution in [-0.4, -0.2) is 26.8 Å². The fraction of sp³-hybridized carbons (Fsp3) is 0.190. The van der Waals surface area contributed by atoms with Gasteiger partial charge >= 0.3 is 5.97 Å². The second-order valence-corrected chi connectivity index (χ2v) is 6.69. The smallest absolute Gasteiger partial charge is 0.335 e. The fourth-order valence-corrected chi connectivity index (χ4v) is 2.94. The van der Waals surface area contributed by atoms with E-state index in [-0.39, 0.29) is 22.8 Å². The second-order valence-electron chi connectivity index (χ2n) is 6.69. The van der Waals surface area contributed by atoms with Crippen LogP contribution in [0, 0.1) is 18.6 Å². The summed E-state index contributed by atoms with van der Waals surface area (Å²) in [6, 6.07) is 8.39. The van der Waals surface area contributed by atoms with Gasteiger partial charge in [-0.2, -0.15) is 5.10 Å². The monoisotopic (exact) mass is 415 g/mol. The highest BCUT2D eigenvalue weighted by molar-refractivity contribution is 5.98. The summed E-state index contributed by atoms with van der Waals surface area (Å²) in [5.74, 6) is -3.45. The molecule has 0 aliphatic carbocycles. The summed E-state index contributed by atoms with van der Waals surface area (Å²) in [6.45, 7) is 3.32. The van der Waals surface area contributed by atoms with Crippen molar-refractivity contribution in [2.24, 2.45) is 7.05 Å². The third-order valence-corrected chi connectivity index (χ3v) is 4.50. The van der Waals surface area contributed by atoms with Gasteiger partial charge in [-0.15, -0.1) is 0 Å². The summed E-state index contributed by atoms with van der Waals surface area (Å²) < 4.78 is 34.2. The molecule has 7 nitrogen and oxygen atoms in total. The summed E-state index contributed by atoms with van der Waals surface area (Å²) in [6.07, 6.45) is 0. The maximum atomic E-state index is 14.0. The SMILES string of the molecule is Cc1nn(C)c(Oc2cc(F)ccc2F)c1C(=O)N[C@@H](C)c1ccc(C(=O)O)cc1. The molecule has 0 fully saturated rings. The zero-order valence-corrected chi connectivity index (χ0v) is 16.4. The Morgan fingerprint density at radius 3 is 2.47 bits per heavy atom. The number of carbonyl (C=O) groups is 2. The molecule has 0 radical (unpaired) electrons. The van der Waals surface area contributed by atoms with E-state index in [4.69, 9.17) is 9.84 Å². The van der Waals surface area contributed by atoms with E-state index in [1.54, 1.807) is 26.0 Å². The van der Waals surface area contributed by atoms with Crippen LogP contribution < -0.4 is 10.1 Å². The van der Waals surface area contributed by atoms with Crippen LogP contribution in [0.3, 0.4) is 0 Å². The Kier molecular flexibility index (Phi) is 5.81. The zero-order chi connectivity index (χ0) is 22.0. The molecule has 0 aliphatic heterocycles. The largest absolute Gasteiger partial charge is 0.478 e. The van der Waals surface area contributed by atoms with E-state index in [2.05, 4.69) is 10.4 Å². The number of hydrogen-bond acceptors (Lipinski definition) is 4. The summed E-state index contributed by atoms with van der Waals surface area (Å²) in [4.78, 5) is 23.9. The minimum atomic E-state index is -1.05. The maximum absolute atomic E-state index is 14.0. The molecule has 3 rings (SSSR count). The molecule has 0 bridgehead atoms. The van der Waals surface area contributed by atoms with Crippen LogP contribution in [0.15, 0.2) is 42.5 Å². The van der Waals surface area contributed by atoms with Gasteiger partial charge in [0.25, 0.3) is 5.91 Å². The van der Waals surface area contributed by atoms with E-state index in [1.165, 1.54) is 23.9 Å². The standard InChI is InChI=1S/C21H19F2N3O4/c1-11(13-4-6-14(7-5-13)21(28)29)24-19(27)18-12(2)25-26(3)20(18)30-17-10-15(22)8-9-16(17)23/h4-11H,1-3H3,(H,24,27)(H,28,29)/t11-/m0/s1. The number of halogens is 2. The summed E-state index contributed by atoms with van der Waals surface area (Å²) in [5.41, 5.74) is 1.24. The van der Waals surface area contributed by atoms with E-state index in [9.17, 15) is 18.4 Å². The van der Waals surface area contributed by atoms with Crippen molar-refractivity contribution >= 4 is 11.9 Å². The van der Waals surface area contributed by atoms with Crippen LogP contribution in [0.25, 0.3) is 0 Å². The van der Waals surface area contributed by atoms with Gasteiger partial charge in [-0.1, -0.05) is 12.1 Å². The molecular weight excluding hydrogens is 396 g/mol. The molecule has 9 heteroatoms. The van der Waals surface area contributed by atoms with E-state index in [0.29, 0.717) is 11.3 Å². The minimum Gasteiger partial charge on any atom is -0.478 e. The summed E-state index contributed by atoms with van der Waals surface area (Å²) in [5, 5.41) is 15.9. The van der Waals surface area contributed by atoms with Gasteiger partial charge in [-0.25, -0.2) is 18.3 Å². The highest BCUT2D eigenvalue weighted by Crippen LogP contribution is 2.30. The zero-order valence-electron chi connectivity index (χ0n) is 16.4. The third kappa shape index (κ3) is 4.29. The van der Waals surface area contributed by atoms with Crippen molar-refractivity contribution < 1.29 is 28.2 Å². The third-order valence-electron chi connectivity index (χ3n) is 4.50. The van der Waals surface area contributed by atoms with Gasteiger partial charge < -0.3 is 15.2 Å². The Hall–Kier alpha value is -3.75. The van der Waals surface area contributed by atoms with Gasteiger partial charge in [0.1, 0.15) is 11.4 Å². The summed E-state index contributed by atoms with van der Waals surface area (Å²) in [7, 11) is 1.52. The number of carboxylic acid groups (broad SMARTS) is 1. The number of aryl methyl sites for hydroxylation is 2. The van der Waals surface area contributed by atoms with Crippen LogP contribution in [-0.2, 0) is 7.05 Å². The van der Waals surface area contributed by atoms with Gasteiger partial charge in [-0.05, 0) is 43.7 Å². The lowest BCUT2D eigenvalue weighted by Gasteiger charge is -2.15. The molecule has 2 N–H and O–H groups in total. The lowest BCUT2D eigenvalue weighted by Crippen LogP contribution is -2.27. The molecule has 1 heterocycles. The number of carboxylic acids is 1. The predicted octanol–water partition coefficient (Wildman–Crippen LogP) is 3.99. The second kappa shape index (κ2) is 8.32. The number of rotatable bonds is 6. The number of amides is 1. The molecule has 156 valence electrons. The molecular formula is C21H19F2N3O4. The van der Waals surface area contributed by atoms with Gasteiger partial charge in [-0.3, -0.25) is 4.79 Å². The van der Waals surface area contributed by atoms with Gasteiger partial charge in [0, 0.05) is 13.1 Å². The Morgan fingerprint density at radius 2 is 1.83 bits per heavy atom. The van der Waals surface area contributed by atoms with Crippen molar-refractivity contribution in [3.05, 3.63) is 76.5 Å². The molecule has 0 saturated carbocycles. The van der Waals surface area contributed by atoms with E-state index in [1.807, 2.05) is 0 Å². The number of aromatic nitrogens is 2. The summed E-state index contributed by atoms with van der Waals surface area (Å²) >= 11 is 0. The van der Waals surface area contributed by atoms with Crippen molar-refractivity contribution in [2.45, 2.75) is 19.9 Å². The number of carbonyl (C=O) groups excluding carboxylic acids is 1. The highest BCUT2D eigenvalue weighted by atomic mass is 19.1. The van der Waals surface area contributed by atoms with Crippen LogP contribution in [0.1, 0.15) is 44.9 Å². The number of nitrogens with zero attached hydrogens (tertiary/aromatic N) is 2. The molecule has 0 unspecified atom stereocenters. The van der Waals surface area contributed by atoms with Crippen molar-refractivity contribution in [3.8, 4) is 11.6 Å². The Labute approximate surface area is 170 Å². The van der Waals surface area contributed by atoms with Crippen molar-refractivity contribution in [3.63, 3.8) is 0 Å². The predicted molar refractivity (Wildman–Crippen MR) is 104 cm³/mol. The topological polar surface area (TPSA) is 93.5 Å². The normalized spacial score (nSPS) is 11.8. The molecule has 1 atom stereocenters. The van der Waals surface area contributed by atoms with Crippen LogP contribution in [0.4, 0.5) is 8.78 Å². The van der Waals surface area contributed by atoms with Gasteiger partial charge in [0.15, 0.2) is 11.6 Å². The molecule has 0 spiro atoms. The molecule has 0 aliphatic rings. The molecule has 2 aromatic carbocycles. The van der Waals surface area contributed by atoms with E-state index < -0.39 is 29.6 Å². The Morgan fingerprint density at radius 1 is 1.17 bits per heavy atom. The van der Waals surface area contributed by atoms with Crippen molar-refractivity contribution in [1.29, 1.82) is 0 Å². The molecule has 1 aromatic heterocycles. The van der Waals surface area contributed by atoms with Crippen molar-refractivity contribution in [1.82, 2.24) is 15.1 Å². The molecule has 0 saturated heterocycles. The van der Waals surface area contributed by atoms with Gasteiger partial charge in [0.2, 0.25) is 5.88 Å². The first-order valence-electron chi connectivity index (χ1n) is 8.98. The number of benzene rings is 2. The van der Waals surface area contributed by atoms with Gasteiger partial charge in [0.05, 0.1) is 17.3 Å². The number of ether oxygens (including phenoxy) is 1. The maximum Gasteiger partial charge on any atom is 0.335 e. The van der Waals surface area contributed by atoms with Crippen LogP contribution in [0.2, 0.25) is 0 Å². The molecule has 3 aromatic rings. The van der Waals surface area contributed by atoms with Crippen LogP contribution >= 0.6 is 0 Å². The van der Waals surface area contributed by atoms with E-state index >= 15 is 0 Å². The first-order valence-corrected chi connectivity index (χ1v) is 8.98. The molecule has 30 heavy (non-hydrogen) atoms. The minimum absolute atomic E-state index is 0.0390. The first kappa shape index (κ1) is 21.0. The lowest BCUT2D eigenvalue weighted by atomic mass is 10.1. The van der Waals surface area contributed by atoms with Crippen LogP contribution in [0.5, 0.6) is 11.6 Å². The van der Waals surface area contributed by atoms with E-state index in [0.717, 1.165) is 18.2 Å². The number of aromatic carboxylic acids is 1. The number of nitrogens with one attached hydrogen (secondary N) is 1. The Balaban J connectivity index is 1.85. The average Bonchev–Trinajstić information content (AvgIpc) is 2.97. The number of hydrogen-bond donors (Lipinski definition) is 2. The first-order chi connectivity index (χ1) is 14.2. The Bertz CT molecular complexity index is 1110. The average molecular weight is 415 g/mol. The lowest BCUT2D eigenvalue weighted by molar-refractivity contribution is 0.0696. The highest BCUT2D eigenvalue weighted by Gasteiger charge is 2.25. The van der Waals surface area contributed by atoms with Crippen molar-refractivity contribution in [2.75, 3.05) is 0 Å². The quantitative estimate of drug-likeness (QED) is 0.635.